The van der Waals surface area contributed by atoms with E-state index in [1.54, 1.807) is 30.0 Å². The molecule has 1 amide bonds. The smallest absolute Gasteiger partial charge is 0.263 e. The number of fused-ring (bicyclic) bond motifs is 1. The number of nitrogens with one attached hydrogen (secondary N) is 1. The quantitative estimate of drug-likeness (QED) is 0.562. The average molecular weight is 486 g/mol. The van der Waals surface area contributed by atoms with Crippen molar-refractivity contribution in [2.24, 2.45) is 0 Å². The van der Waals surface area contributed by atoms with Crippen molar-refractivity contribution in [2.75, 3.05) is 12.4 Å². The lowest BCUT2D eigenvalue weighted by atomic mass is 10.1. The van der Waals surface area contributed by atoms with E-state index in [9.17, 15) is 9.59 Å². The summed E-state index contributed by atoms with van der Waals surface area (Å²) >= 11 is 2.20. The fourth-order valence-electron chi connectivity index (χ4n) is 3.74. The van der Waals surface area contributed by atoms with E-state index in [2.05, 4.69) is 27.9 Å². The van der Waals surface area contributed by atoms with Gasteiger partial charge in [-0.2, -0.15) is 0 Å². The number of hydrogen-bond donors (Lipinski definition) is 1. The van der Waals surface area contributed by atoms with Crippen molar-refractivity contribution in [1.29, 1.82) is 0 Å². The first kappa shape index (κ1) is 18.7. The van der Waals surface area contributed by atoms with Gasteiger partial charge in [-0.15, -0.1) is 0 Å². The first-order chi connectivity index (χ1) is 13.6. The topological polar surface area (TPSA) is 60.3 Å². The molecule has 1 aliphatic rings. The maximum Gasteiger partial charge on any atom is 0.263 e. The molecule has 28 heavy (non-hydrogen) atoms. The molecule has 1 atom stereocenters. The van der Waals surface area contributed by atoms with Crippen LogP contribution in [0.2, 0.25) is 0 Å². The predicted molar refractivity (Wildman–Crippen MR) is 117 cm³/mol. The fraction of sp³-hybridized carbons (Fsp3) is 0.182. The molecule has 4 rings (SSSR count). The Morgan fingerprint density at radius 1 is 1.14 bits per heavy atom. The largest absolute Gasteiger partial charge is 0.496 e. The number of nitrogens with zero attached hydrogens (tertiary/aromatic N) is 1. The predicted octanol–water partition coefficient (Wildman–Crippen LogP) is 4.25. The average Bonchev–Trinajstić information content (AvgIpc) is 3.14. The van der Waals surface area contributed by atoms with Crippen LogP contribution in [0.15, 0.2) is 65.6 Å². The summed E-state index contributed by atoms with van der Waals surface area (Å²) in [5.74, 6) is 0.449. The van der Waals surface area contributed by atoms with Gasteiger partial charge in [-0.1, -0.05) is 12.1 Å². The zero-order valence-electron chi connectivity index (χ0n) is 15.3. The van der Waals surface area contributed by atoms with Crippen LogP contribution >= 0.6 is 22.6 Å². The molecule has 0 saturated heterocycles. The number of halogens is 1. The number of amides is 1. The molecule has 2 aromatic carbocycles. The van der Waals surface area contributed by atoms with E-state index in [1.807, 2.05) is 42.5 Å². The second-order valence-corrected chi connectivity index (χ2v) is 7.92. The Labute approximate surface area is 176 Å². The summed E-state index contributed by atoms with van der Waals surface area (Å²) in [5.41, 5.74) is 2.73. The highest BCUT2D eigenvalue weighted by atomic mass is 127. The molecule has 142 valence electrons. The van der Waals surface area contributed by atoms with Crippen LogP contribution in [0.1, 0.15) is 33.9 Å². The van der Waals surface area contributed by atoms with Gasteiger partial charge in [0, 0.05) is 15.5 Å². The van der Waals surface area contributed by atoms with Crippen LogP contribution < -0.4 is 15.6 Å². The minimum absolute atomic E-state index is 0.0938. The summed E-state index contributed by atoms with van der Waals surface area (Å²) in [6.45, 7) is 0. The summed E-state index contributed by atoms with van der Waals surface area (Å²) in [4.78, 5) is 25.8. The van der Waals surface area contributed by atoms with Gasteiger partial charge in [-0.05, 0) is 89.0 Å². The minimum Gasteiger partial charge on any atom is -0.496 e. The molecule has 3 aromatic rings. The summed E-state index contributed by atoms with van der Waals surface area (Å²) in [5, 5.41) is 2.81. The molecule has 0 spiro atoms. The molecular formula is C22H19IN2O3. The molecule has 5 nitrogen and oxygen atoms in total. The van der Waals surface area contributed by atoms with Crippen molar-refractivity contribution in [2.45, 2.75) is 18.9 Å². The SMILES string of the molecule is COc1cccc2c1CCC2n1cccc(C(=O)Nc2ccc(I)cc2)c1=O. The molecule has 1 heterocycles. The van der Waals surface area contributed by atoms with Crippen LogP contribution in [0.4, 0.5) is 5.69 Å². The van der Waals surface area contributed by atoms with Gasteiger partial charge in [0.15, 0.2) is 0 Å². The van der Waals surface area contributed by atoms with Crippen LogP contribution in [-0.4, -0.2) is 17.6 Å². The second kappa shape index (κ2) is 7.79. The Balaban J connectivity index is 1.66. The Morgan fingerprint density at radius 2 is 1.93 bits per heavy atom. The number of aromatic nitrogens is 1. The number of benzene rings is 2. The molecule has 0 saturated carbocycles. The number of pyridine rings is 1. The number of methoxy groups -OCH3 is 1. The highest BCUT2D eigenvalue weighted by Gasteiger charge is 2.28. The Hall–Kier alpha value is -2.61. The Bertz CT molecular complexity index is 1090. The lowest BCUT2D eigenvalue weighted by Crippen LogP contribution is -2.30. The summed E-state index contributed by atoms with van der Waals surface area (Å²) in [6.07, 6.45) is 3.40. The number of rotatable bonds is 4. The number of anilines is 1. The normalized spacial score (nSPS) is 15.1. The minimum atomic E-state index is -0.399. The number of ether oxygens (including phenoxy) is 1. The van der Waals surface area contributed by atoms with Crippen molar-refractivity contribution < 1.29 is 9.53 Å². The molecule has 6 heteroatoms. The van der Waals surface area contributed by atoms with Gasteiger partial charge in [-0.25, -0.2) is 0 Å². The standard InChI is InChI=1S/C22H19IN2O3/c1-28-20-6-2-4-16-17(20)11-12-19(16)25-13-3-5-18(22(25)27)21(26)24-15-9-7-14(23)8-10-15/h2-10,13,19H,11-12H2,1H3,(H,24,26). The zero-order chi connectivity index (χ0) is 19.7. The molecule has 1 aromatic heterocycles. The fourth-order valence-corrected chi connectivity index (χ4v) is 4.10. The Kier molecular flexibility index (Phi) is 5.21. The molecule has 1 aliphatic carbocycles. The van der Waals surface area contributed by atoms with Crippen molar-refractivity contribution in [3.8, 4) is 5.75 Å². The van der Waals surface area contributed by atoms with Gasteiger partial charge in [0.05, 0.1) is 13.2 Å². The van der Waals surface area contributed by atoms with E-state index in [-0.39, 0.29) is 17.2 Å². The van der Waals surface area contributed by atoms with E-state index in [1.165, 1.54) is 0 Å². The van der Waals surface area contributed by atoms with Crippen LogP contribution in [0.5, 0.6) is 5.75 Å². The van der Waals surface area contributed by atoms with Crippen molar-refractivity contribution in [3.05, 3.63) is 91.4 Å². The van der Waals surface area contributed by atoms with E-state index in [0.29, 0.717) is 5.69 Å². The molecule has 0 fully saturated rings. The van der Waals surface area contributed by atoms with Gasteiger partial charge >= 0.3 is 0 Å². The van der Waals surface area contributed by atoms with Crippen molar-refractivity contribution >= 4 is 34.2 Å². The van der Waals surface area contributed by atoms with Crippen LogP contribution in [0.3, 0.4) is 0 Å². The number of carbonyl (C=O) groups excluding carboxylic acids is 1. The summed E-state index contributed by atoms with van der Waals surface area (Å²) in [6, 6.07) is 16.6. The molecule has 0 radical (unpaired) electrons. The first-order valence-corrected chi connectivity index (χ1v) is 10.1. The van der Waals surface area contributed by atoms with Crippen molar-refractivity contribution in [3.63, 3.8) is 0 Å². The van der Waals surface area contributed by atoms with Crippen LogP contribution in [0.25, 0.3) is 0 Å². The number of hydrogen-bond acceptors (Lipinski definition) is 3. The summed E-state index contributed by atoms with van der Waals surface area (Å²) in [7, 11) is 1.66. The highest BCUT2D eigenvalue weighted by Crippen LogP contribution is 2.38. The van der Waals surface area contributed by atoms with Crippen LogP contribution in [0, 0.1) is 3.57 Å². The maximum atomic E-state index is 13.1. The molecule has 0 aliphatic heterocycles. The van der Waals surface area contributed by atoms with Crippen LogP contribution in [-0.2, 0) is 6.42 Å². The van der Waals surface area contributed by atoms with Gasteiger partial charge in [-0.3, -0.25) is 9.59 Å². The third-order valence-electron chi connectivity index (χ3n) is 5.07. The third kappa shape index (κ3) is 3.44. The first-order valence-electron chi connectivity index (χ1n) is 9.02. The third-order valence-corrected chi connectivity index (χ3v) is 5.79. The number of carbonyl (C=O) groups is 1. The van der Waals surface area contributed by atoms with Gasteiger partial charge in [0.1, 0.15) is 11.3 Å². The van der Waals surface area contributed by atoms with Crippen molar-refractivity contribution in [1.82, 2.24) is 4.57 Å². The van der Waals surface area contributed by atoms with Gasteiger partial charge < -0.3 is 14.6 Å². The lowest BCUT2D eigenvalue weighted by molar-refractivity contribution is 0.102. The monoisotopic (exact) mass is 486 g/mol. The lowest BCUT2D eigenvalue weighted by Gasteiger charge is -2.17. The summed E-state index contributed by atoms with van der Waals surface area (Å²) < 4.78 is 8.19. The Morgan fingerprint density at radius 3 is 2.68 bits per heavy atom. The van der Waals surface area contributed by atoms with E-state index < -0.39 is 5.91 Å². The molecular weight excluding hydrogens is 467 g/mol. The van der Waals surface area contributed by atoms with Gasteiger partial charge in [0.25, 0.3) is 11.5 Å². The van der Waals surface area contributed by atoms with E-state index in [4.69, 9.17) is 4.74 Å². The zero-order valence-corrected chi connectivity index (χ0v) is 17.5. The molecule has 1 N–H and O–H groups in total. The molecule has 0 bridgehead atoms. The second-order valence-electron chi connectivity index (χ2n) is 6.68. The molecule has 1 unspecified atom stereocenters. The maximum absolute atomic E-state index is 13.1. The highest BCUT2D eigenvalue weighted by molar-refractivity contribution is 14.1. The van der Waals surface area contributed by atoms with E-state index >= 15 is 0 Å². The van der Waals surface area contributed by atoms with Gasteiger partial charge in [0.2, 0.25) is 0 Å². The van der Waals surface area contributed by atoms with E-state index in [0.717, 1.165) is 33.3 Å².